The molecule has 0 radical (unpaired) electrons. The van der Waals surface area contributed by atoms with Crippen LogP contribution in [0.1, 0.15) is 31.9 Å². The molecule has 0 spiro atoms. The highest BCUT2D eigenvalue weighted by Crippen LogP contribution is 2.28. The Kier molecular flexibility index (Phi) is 4.26. The molecular formula is C15H18F3NO3. The quantitative estimate of drug-likeness (QED) is 0.789. The van der Waals surface area contributed by atoms with Gasteiger partial charge < -0.3 is 14.4 Å². The second-order valence-electron chi connectivity index (χ2n) is 6.13. The van der Waals surface area contributed by atoms with E-state index in [2.05, 4.69) is 4.74 Å². The van der Waals surface area contributed by atoms with Crippen LogP contribution in [-0.2, 0) is 17.7 Å². The molecule has 0 saturated heterocycles. The van der Waals surface area contributed by atoms with Crippen molar-refractivity contribution >= 4 is 6.09 Å². The first kappa shape index (κ1) is 16.5. The van der Waals surface area contributed by atoms with Gasteiger partial charge in [-0.05, 0) is 50.5 Å². The standard InChI is InChI=1S/C15H18F3NO3/c1-14(2,3)22-13(20)19-7-6-10-8-12(21-15(16,17)18)5-4-11(10)9-19/h4-5,8H,6-7,9H2,1-3H3. The monoisotopic (exact) mass is 317 g/mol. The molecular weight excluding hydrogens is 299 g/mol. The molecule has 1 aromatic carbocycles. The minimum absolute atomic E-state index is 0.239. The van der Waals surface area contributed by atoms with Crippen LogP contribution in [0.15, 0.2) is 18.2 Å². The van der Waals surface area contributed by atoms with Gasteiger partial charge in [0.05, 0.1) is 0 Å². The van der Waals surface area contributed by atoms with Crippen LogP contribution in [0.4, 0.5) is 18.0 Å². The Morgan fingerprint density at radius 3 is 2.45 bits per heavy atom. The van der Waals surface area contributed by atoms with E-state index in [9.17, 15) is 18.0 Å². The number of hydrogen-bond donors (Lipinski definition) is 0. The Bertz CT molecular complexity index is 564. The summed E-state index contributed by atoms with van der Waals surface area (Å²) in [6, 6.07) is 4.17. The molecule has 0 aliphatic carbocycles. The summed E-state index contributed by atoms with van der Waals surface area (Å²) in [7, 11) is 0. The smallest absolute Gasteiger partial charge is 0.444 e. The van der Waals surface area contributed by atoms with Crippen LogP contribution < -0.4 is 4.74 Å². The summed E-state index contributed by atoms with van der Waals surface area (Å²) < 4.78 is 45.8. The Morgan fingerprint density at radius 1 is 1.18 bits per heavy atom. The number of amides is 1. The second kappa shape index (κ2) is 5.70. The Labute approximate surface area is 126 Å². The third-order valence-corrected chi connectivity index (χ3v) is 3.08. The van der Waals surface area contributed by atoms with Gasteiger partial charge in [0.15, 0.2) is 0 Å². The first-order valence-corrected chi connectivity index (χ1v) is 6.89. The minimum atomic E-state index is -4.70. The Balaban J connectivity index is 2.07. The number of hydrogen-bond acceptors (Lipinski definition) is 3. The molecule has 0 fully saturated rings. The van der Waals surface area contributed by atoms with E-state index in [1.54, 1.807) is 26.8 Å². The molecule has 0 bridgehead atoms. The number of ether oxygens (including phenoxy) is 2. The van der Waals surface area contributed by atoms with Crippen LogP contribution in [0, 0.1) is 0 Å². The normalized spacial score (nSPS) is 15.3. The SMILES string of the molecule is CC(C)(C)OC(=O)N1CCc2cc(OC(F)(F)F)ccc2C1. The van der Waals surface area contributed by atoms with E-state index in [0.717, 1.165) is 11.1 Å². The number of halogens is 3. The molecule has 0 N–H and O–H groups in total. The van der Waals surface area contributed by atoms with E-state index in [1.165, 1.54) is 17.0 Å². The molecule has 1 amide bonds. The van der Waals surface area contributed by atoms with Gasteiger partial charge in [-0.3, -0.25) is 0 Å². The third kappa shape index (κ3) is 4.54. The lowest BCUT2D eigenvalue weighted by Crippen LogP contribution is -2.39. The molecule has 122 valence electrons. The van der Waals surface area contributed by atoms with E-state index in [-0.39, 0.29) is 5.75 Å². The fraction of sp³-hybridized carbons (Fsp3) is 0.533. The third-order valence-electron chi connectivity index (χ3n) is 3.08. The number of fused-ring (bicyclic) bond motifs is 1. The average molecular weight is 317 g/mol. The molecule has 1 aliphatic heterocycles. The summed E-state index contributed by atoms with van der Waals surface area (Å²) in [5.41, 5.74) is 0.968. The van der Waals surface area contributed by atoms with Crippen LogP contribution in [-0.4, -0.2) is 29.5 Å². The van der Waals surface area contributed by atoms with Crippen molar-refractivity contribution in [3.8, 4) is 5.75 Å². The Morgan fingerprint density at radius 2 is 1.86 bits per heavy atom. The summed E-state index contributed by atoms with van der Waals surface area (Å²) >= 11 is 0. The van der Waals surface area contributed by atoms with Gasteiger partial charge in [0.2, 0.25) is 0 Å². The summed E-state index contributed by atoms with van der Waals surface area (Å²) in [4.78, 5) is 13.5. The van der Waals surface area contributed by atoms with Crippen molar-refractivity contribution in [1.29, 1.82) is 0 Å². The summed E-state index contributed by atoms with van der Waals surface area (Å²) in [6.45, 7) is 6.06. The highest BCUT2D eigenvalue weighted by molar-refractivity contribution is 5.68. The van der Waals surface area contributed by atoms with Gasteiger partial charge >= 0.3 is 12.5 Å². The van der Waals surface area contributed by atoms with Crippen molar-refractivity contribution in [3.05, 3.63) is 29.3 Å². The topological polar surface area (TPSA) is 38.8 Å². The molecule has 7 heteroatoms. The number of rotatable bonds is 1. The summed E-state index contributed by atoms with van der Waals surface area (Å²) in [5, 5.41) is 0. The van der Waals surface area contributed by atoms with Gasteiger partial charge in [0, 0.05) is 13.1 Å². The van der Waals surface area contributed by atoms with Crippen LogP contribution in [0.2, 0.25) is 0 Å². The number of benzene rings is 1. The van der Waals surface area contributed by atoms with E-state index < -0.39 is 18.1 Å². The van der Waals surface area contributed by atoms with Crippen molar-refractivity contribution in [2.24, 2.45) is 0 Å². The zero-order chi connectivity index (χ0) is 16.5. The fourth-order valence-corrected chi connectivity index (χ4v) is 2.21. The van der Waals surface area contributed by atoms with Crippen molar-refractivity contribution in [1.82, 2.24) is 4.90 Å². The lowest BCUT2D eigenvalue weighted by Gasteiger charge is -2.31. The van der Waals surface area contributed by atoms with Gasteiger partial charge in [-0.15, -0.1) is 13.2 Å². The lowest BCUT2D eigenvalue weighted by atomic mass is 10.00. The van der Waals surface area contributed by atoms with Crippen molar-refractivity contribution < 1.29 is 27.4 Å². The van der Waals surface area contributed by atoms with Gasteiger partial charge in [0.1, 0.15) is 11.4 Å². The van der Waals surface area contributed by atoms with E-state index in [4.69, 9.17) is 4.74 Å². The van der Waals surface area contributed by atoms with Crippen LogP contribution in [0.25, 0.3) is 0 Å². The fourth-order valence-electron chi connectivity index (χ4n) is 2.21. The van der Waals surface area contributed by atoms with Crippen molar-refractivity contribution in [2.75, 3.05) is 6.54 Å². The first-order chi connectivity index (χ1) is 10.0. The summed E-state index contributed by atoms with van der Waals surface area (Å²) in [5.74, 6) is -0.239. The van der Waals surface area contributed by atoms with Gasteiger partial charge in [-0.1, -0.05) is 6.07 Å². The van der Waals surface area contributed by atoms with Crippen molar-refractivity contribution in [2.45, 2.75) is 45.7 Å². The lowest BCUT2D eigenvalue weighted by molar-refractivity contribution is -0.274. The maximum Gasteiger partial charge on any atom is 0.573 e. The average Bonchev–Trinajstić information content (AvgIpc) is 2.34. The van der Waals surface area contributed by atoms with Gasteiger partial charge in [0.25, 0.3) is 0 Å². The maximum atomic E-state index is 12.2. The van der Waals surface area contributed by atoms with Gasteiger partial charge in [-0.2, -0.15) is 0 Å². The molecule has 2 rings (SSSR count). The number of carbonyl (C=O) groups is 1. The molecule has 1 aromatic rings. The molecule has 0 atom stereocenters. The molecule has 4 nitrogen and oxygen atoms in total. The molecule has 0 saturated carbocycles. The van der Waals surface area contributed by atoms with Crippen LogP contribution >= 0.6 is 0 Å². The van der Waals surface area contributed by atoms with E-state index >= 15 is 0 Å². The second-order valence-corrected chi connectivity index (χ2v) is 6.13. The number of carbonyl (C=O) groups excluding carboxylic acids is 1. The molecule has 1 heterocycles. The highest BCUT2D eigenvalue weighted by Gasteiger charge is 2.32. The molecule has 0 aromatic heterocycles. The van der Waals surface area contributed by atoms with E-state index in [1.807, 2.05) is 0 Å². The highest BCUT2D eigenvalue weighted by atomic mass is 19.4. The Hall–Kier alpha value is -1.92. The number of alkyl halides is 3. The van der Waals surface area contributed by atoms with E-state index in [0.29, 0.717) is 19.5 Å². The predicted molar refractivity (Wildman–Crippen MR) is 73.5 cm³/mol. The summed E-state index contributed by atoms with van der Waals surface area (Å²) in [6.07, 6.45) is -4.66. The minimum Gasteiger partial charge on any atom is -0.444 e. The molecule has 1 aliphatic rings. The van der Waals surface area contributed by atoms with Crippen LogP contribution in [0.5, 0.6) is 5.75 Å². The molecule has 22 heavy (non-hydrogen) atoms. The van der Waals surface area contributed by atoms with Gasteiger partial charge in [-0.25, -0.2) is 4.79 Å². The van der Waals surface area contributed by atoms with Crippen molar-refractivity contribution in [3.63, 3.8) is 0 Å². The number of nitrogens with zero attached hydrogens (tertiary/aromatic N) is 1. The largest absolute Gasteiger partial charge is 0.573 e. The first-order valence-electron chi connectivity index (χ1n) is 6.89. The maximum absolute atomic E-state index is 12.2. The zero-order valence-electron chi connectivity index (χ0n) is 12.7. The predicted octanol–water partition coefficient (Wildman–Crippen LogP) is 3.88. The zero-order valence-corrected chi connectivity index (χ0v) is 12.7. The van der Waals surface area contributed by atoms with Crippen LogP contribution in [0.3, 0.4) is 0 Å². The molecule has 0 unspecified atom stereocenters.